The summed E-state index contributed by atoms with van der Waals surface area (Å²) in [4.78, 5) is 27.5. The van der Waals surface area contributed by atoms with Gasteiger partial charge in [-0.05, 0) is 40.9 Å². The lowest BCUT2D eigenvalue weighted by molar-refractivity contribution is -0.115. The number of nitrogens with zero attached hydrogens (tertiary/aromatic N) is 1. The zero-order chi connectivity index (χ0) is 20.6. The second-order valence-corrected chi connectivity index (χ2v) is 8.70. The topological polar surface area (TPSA) is 72.2 Å². The molecule has 0 aliphatic carbocycles. The van der Waals surface area contributed by atoms with Crippen LogP contribution in [0, 0.1) is 11.8 Å². The summed E-state index contributed by atoms with van der Waals surface area (Å²) in [7, 11) is 0. The van der Waals surface area contributed by atoms with E-state index in [-0.39, 0.29) is 10.7 Å². The Hall–Kier alpha value is -3.30. The zero-order valence-electron chi connectivity index (χ0n) is 16.2. The molecule has 29 heavy (non-hydrogen) atoms. The van der Waals surface area contributed by atoms with Gasteiger partial charge in [-0.3, -0.25) is 19.9 Å². The van der Waals surface area contributed by atoms with Crippen molar-refractivity contribution < 1.29 is 14.0 Å². The minimum atomic E-state index is -0.419. The minimum Gasteiger partial charge on any atom is -0.455 e. The molecule has 0 atom stereocenters. The Bertz CT molecular complexity index is 1220. The van der Waals surface area contributed by atoms with E-state index in [2.05, 4.69) is 55.0 Å². The molecule has 0 radical (unpaired) electrons. The number of nitrogens with one attached hydrogen (secondary N) is 1. The summed E-state index contributed by atoms with van der Waals surface area (Å²) in [5, 5.41) is 2.62. The molecule has 1 aliphatic heterocycles. The third kappa shape index (κ3) is 4.10. The molecule has 144 valence electrons. The van der Waals surface area contributed by atoms with E-state index in [1.807, 2.05) is 12.1 Å². The molecule has 1 N–H and O–H groups in total. The summed E-state index contributed by atoms with van der Waals surface area (Å²) in [6, 6.07) is 9.96. The van der Waals surface area contributed by atoms with Crippen molar-refractivity contribution in [2.45, 2.75) is 26.2 Å². The quantitative estimate of drug-likeness (QED) is 0.465. The first kappa shape index (κ1) is 19.0. The molecule has 1 aromatic carbocycles. The fraction of sp³-hybridized carbons (Fsp3) is 0.174. The Labute approximate surface area is 172 Å². The van der Waals surface area contributed by atoms with Gasteiger partial charge in [0, 0.05) is 29.4 Å². The number of carbonyl (C=O) groups excluding carboxylic acids is 2. The molecule has 1 fully saturated rings. The molecular formula is C23H18N2O3S. The highest BCUT2D eigenvalue weighted by atomic mass is 32.2. The SMILES string of the molecule is CC(C)(C)c1ccc(C#Cc2cncc3cc(C=C4SC(=O)NC4=O)oc23)cc1. The zero-order valence-corrected chi connectivity index (χ0v) is 17.0. The normalized spacial score (nSPS) is 15.5. The smallest absolute Gasteiger partial charge is 0.290 e. The number of fused-ring (bicyclic) bond motifs is 1. The van der Waals surface area contributed by atoms with E-state index in [1.54, 1.807) is 24.5 Å². The molecule has 2 aromatic heterocycles. The molecule has 4 rings (SSSR count). The fourth-order valence-corrected chi connectivity index (χ4v) is 3.55. The average Bonchev–Trinajstić information content (AvgIpc) is 3.22. The van der Waals surface area contributed by atoms with Gasteiger partial charge in [0.15, 0.2) is 5.58 Å². The highest BCUT2D eigenvalue weighted by Crippen LogP contribution is 2.29. The van der Waals surface area contributed by atoms with Crippen LogP contribution in [-0.4, -0.2) is 16.1 Å². The molecule has 0 bridgehead atoms. The lowest BCUT2D eigenvalue weighted by Crippen LogP contribution is -2.17. The first-order chi connectivity index (χ1) is 13.8. The highest BCUT2D eigenvalue weighted by Gasteiger charge is 2.25. The number of rotatable bonds is 1. The monoisotopic (exact) mass is 402 g/mol. The van der Waals surface area contributed by atoms with Gasteiger partial charge in [0.25, 0.3) is 11.1 Å². The van der Waals surface area contributed by atoms with Crippen LogP contribution in [0.4, 0.5) is 4.79 Å². The van der Waals surface area contributed by atoms with E-state index in [0.717, 1.165) is 22.7 Å². The Morgan fingerprint density at radius 2 is 1.86 bits per heavy atom. The van der Waals surface area contributed by atoms with Crippen LogP contribution in [0.3, 0.4) is 0 Å². The van der Waals surface area contributed by atoms with Gasteiger partial charge < -0.3 is 4.42 Å². The third-order valence-electron chi connectivity index (χ3n) is 4.45. The van der Waals surface area contributed by atoms with Gasteiger partial charge in [0.2, 0.25) is 0 Å². The Morgan fingerprint density at radius 1 is 1.10 bits per heavy atom. The van der Waals surface area contributed by atoms with Crippen molar-refractivity contribution in [3.63, 3.8) is 0 Å². The number of aromatic nitrogens is 1. The molecule has 0 saturated carbocycles. The van der Waals surface area contributed by atoms with Gasteiger partial charge in [-0.25, -0.2) is 0 Å². The van der Waals surface area contributed by atoms with Gasteiger partial charge in [-0.2, -0.15) is 0 Å². The first-order valence-electron chi connectivity index (χ1n) is 9.04. The van der Waals surface area contributed by atoms with Crippen LogP contribution in [0.5, 0.6) is 0 Å². The van der Waals surface area contributed by atoms with Gasteiger partial charge in [-0.15, -0.1) is 0 Å². The van der Waals surface area contributed by atoms with E-state index in [4.69, 9.17) is 4.42 Å². The number of thioether (sulfide) groups is 1. The number of hydrogen-bond donors (Lipinski definition) is 1. The van der Waals surface area contributed by atoms with E-state index >= 15 is 0 Å². The Morgan fingerprint density at radius 3 is 2.52 bits per heavy atom. The van der Waals surface area contributed by atoms with Crippen molar-refractivity contribution in [1.82, 2.24) is 10.3 Å². The van der Waals surface area contributed by atoms with Gasteiger partial charge in [0.1, 0.15) is 5.76 Å². The molecule has 1 aliphatic rings. The predicted molar refractivity (Wildman–Crippen MR) is 114 cm³/mol. The lowest BCUT2D eigenvalue weighted by Gasteiger charge is -2.18. The Balaban J connectivity index is 1.65. The summed E-state index contributed by atoms with van der Waals surface area (Å²) >= 11 is 0.851. The van der Waals surface area contributed by atoms with Gasteiger partial charge >= 0.3 is 0 Å². The maximum Gasteiger partial charge on any atom is 0.290 e. The van der Waals surface area contributed by atoms with Crippen LogP contribution in [0.25, 0.3) is 17.0 Å². The summed E-state index contributed by atoms with van der Waals surface area (Å²) in [5.74, 6) is 6.32. The van der Waals surface area contributed by atoms with E-state index in [1.165, 1.54) is 5.56 Å². The summed E-state index contributed by atoms with van der Waals surface area (Å²) in [5.41, 5.74) is 3.51. The second-order valence-electron chi connectivity index (χ2n) is 7.68. The van der Waals surface area contributed by atoms with Crippen LogP contribution in [-0.2, 0) is 10.2 Å². The Kier molecular flexibility index (Phi) is 4.77. The largest absolute Gasteiger partial charge is 0.455 e. The average molecular weight is 402 g/mol. The van der Waals surface area contributed by atoms with Crippen molar-refractivity contribution in [2.24, 2.45) is 0 Å². The molecule has 5 nitrogen and oxygen atoms in total. The van der Waals surface area contributed by atoms with Crippen LogP contribution in [0.2, 0.25) is 0 Å². The molecule has 3 aromatic rings. The molecule has 0 spiro atoms. The van der Waals surface area contributed by atoms with Crippen LogP contribution < -0.4 is 5.32 Å². The number of benzene rings is 1. The second kappa shape index (κ2) is 7.26. The van der Waals surface area contributed by atoms with Gasteiger partial charge in [-0.1, -0.05) is 44.7 Å². The fourth-order valence-electron chi connectivity index (χ4n) is 2.89. The van der Waals surface area contributed by atoms with Gasteiger partial charge in [0.05, 0.1) is 10.5 Å². The maximum atomic E-state index is 11.7. The number of hydrogen-bond acceptors (Lipinski definition) is 5. The molecule has 0 unspecified atom stereocenters. The molecule has 2 amide bonds. The number of carbonyl (C=O) groups is 2. The maximum absolute atomic E-state index is 11.7. The van der Waals surface area contributed by atoms with E-state index < -0.39 is 5.91 Å². The minimum absolute atomic E-state index is 0.0969. The predicted octanol–water partition coefficient (Wildman–Crippen LogP) is 4.85. The number of pyridine rings is 1. The molecule has 1 saturated heterocycles. The summed E-state index contributed by atoms with van der Waals surface area (Å²) in [6.07, 6.45) is 4.88. The molecule has 3 heterocycles. The standard InChI is InChI=1S/C23H18N2O3S/c1-23(2,3)17-8-5-14(6-9-17)4-7-15-12-24-13-16-10-18(28-20(15)16)11-19-21(26)25-22(27)29-19/h5-6,8-13H,1-3H3,(H,25,26,27). The number of amides is 2. The van der Waals surface area contributed by atoms with Crippen molar-refractivity contribution in [2.75, 3.05) is 0 Å². The van der Waals surface area contributed by atoms with Crippen LogP contribution in [0.15, 0.2) is 52.0 Å². The van der Waals surface area contributed by atoms with Crippen molar-refractivity contribution in [3.05, 3.63) is 70.1 Å². The number of imide groups is 1. The van der Waals surface area contributed by atoms with Crippen molar-refractivity contribution in [3.8, 4) is 11.8 Å². The van der Waals surface area contributed by atoms with Crippen molar-refractivity contribution >= 4 is 40.0 Å². The van der Waals surface area contributed by atoms with E-state index in [0.29, 0.717) is 21.8 Å². The number of furan rings is 1. The molecule has 6 heteroatoms. The van der Waals surface area contributed by atoms with Crippen LogP contribution in [0.1, 0.15) is 43.2 Å². The summed E-state index contributed by atoms with van der Waals surface area (Å²) < 4.78 is 5.87. The van der Waals surface area contributed by atoms with E-state index in [9.17, 15) is 9.59 Å². The highest BCUT2D eigenvalue weighted by molar-refractivity contribution is 8.18. The first-order valence-corrected chi connectivity index (χ1v) is 9.86. The third-order valence-corrected chi connectivity index (χ3v) is 5.26. The lowest BCUT2D eigenvalue weighted by atomic mass is 9.87. The van der Waals surface area contributed by atoms with Crippen LogP contribution >= 0.6 is 11.8 Å². The summed E-state index contributed by atoms with van der Waals surface area (Å²) in [6.45, 7) is 6.52. The molecular weight excluding hydrogens is 384 g/mol. The van der Waals surface area contributed by atoms with Crippen molar-refractivity contribution in [1.29, 1.82) is 0 Å².